The van der Waals surface area contributed by atoms with Crippen LogP contribution in [-0.2, 0) is 0 Å². The predicted molar refractivity (Wildman–Crippen MR) is 51.9 cm³/mol. The fourth-order valence-corrected chi connectivity index (χ4v) is 2.20. The van der Waals surface area contributed by atoms with Crippen LogP contribution in [0.5, 0.6) is 0 Å². The van der Waals surface area contributed by atoms with Gasteiger partial charge in [0.15, 0.2) is 0 Å². The first-order chi connectivity index (χ1) is 5.79. The maximum absolute atomic E-state index is 2.55. The third-order valence-electron chi connectivity index (χ3n) is 2.83. The highest BCUT2D eigenvalue weighted by Crippen LogP contribution is 2.31. The second kappa shape index (κ2) is 2.96. The van der Waals surface area contributed by atoms with E-state index in [0.29, 0.717) is 6.04 Å². The fraction of sp³-hybridized carbons (Fsp3) is 0.636. The first kappa shape index (κ1) is 7.90. The van der Waals surface area contributed by atoms with Crippen LogP contribution in [0.25, 0.3) is 0 Å². The summed E-state index contributed by atoms with van der Waals surface area (Å²) < 4.78 is 0. The van der Waals surface area contributed by atoms with Crippen molar-refractivity contribution in [3.8, 4) is 0 Å². The second-order valence-electron chi connectivity index (χ2n) is 3.95. The second-order valence-corrected chi connectivity index (χ2v) is 3.95. The van der Waals surface area contributed by atoms with Gasteiger partial charge in [-0.05, 0) is 38.7 Å². The largest absolute Gasteiger partial charge is 0.372 e. The van der Waals surface area contributed by atoms with Crippen LogP contribution in [0.15, 0.2) is 23.4 Å². The van der Waals surface area contributed by atoms with Gasteiger partial charge in [0.05, 0.1) is 0 Å². The summed E-state index contributed by atoms with van der Waals surface area (Å²) in [5, 5.41) is 0. The minimum Gasteiger partial charge on any atom is -0.372 e. The monoisotopic (exact) mass is 163 g/mol. The lowest BCUT2D eigenvalue weighted by molar-refractivity contribution is 0.300. The Balaban J connectivity index is 2.22. The molecule has 0 fully saturated rings. The van der Waals surface area contributed by atoms with Crippen LogP contribution in [0, 0.1) is 0 Å². The maximum Gasteiger partial charge on any atom is 0.0230 e. The van der Waals surface area contributed by atoms with Crippen molar-refractivity contribution < 1.29 is 0 Å². The van der Waals surface area contributed by atoms with E-state index in [2.05, 4.69) is 30.9 Å². The summed E-state index contributed by atoms with van der Waals surface area (Å²) in [7, 11) is 0. The molecule has 0 unspecified atom stereocenters. The highest BCUT2D eigenvalue weighted by molar-refractivity contribution is 5.32. The fourth-order valence-electron chi connectivity index (χ4n) is 2.20. The molecule has 0 aromatic heterocycles. The Bertz CT molecular complexity index is 235. The standard InChI is InChI=1S/C11H17N/c1-9(2)12-8-7-10-5-3-4-6-11(10)12/h3,5,9H,4,6-8H2,1-2H3. The third kappa shape index (κ3) is 1.17. The molecule has 0 atom stereocenters. The van der Waals surface area contributed by atoms with E-state index >= 15 is 0 Å². The molecule has 0 aromatic rings. The smallest absolute Gasteiger partial charge is 0.0230 e. The summed E-state index contributed by atoms with van der Waals surface area (Å²) in [6, 6.07) is 0.684. The van der Waals surface area contributed by atoms with E-state index in [1.165, 1.54) is 25.8 Å². The van der Waals surface area contributed by atoms with Gasteiger partial charge in [-0.2, -0.15) is 0 Å². The van der Waals surface area contributed by atoms with Crippen LogP contribution in [0.2, 0.25) is 0 Å². The summed E-state index contributed by atoms with van der Waals surface area (Å²) in [5.74, 6) is 0. The average Bonchev–Trinajstić information content (AvgIpc) is 2.47. The van der Waals surface area contributed by atoms with Gasteiger partial charge in [0.1, 0.15) is 0 Å². The predicted octanol–water partition coefficient (Wildman–Crippen LogP) is 2.70. The Morgan fingerprint density at radius 2 is 2.17 bits per heavy atom. The molecule has 1 nitrogen and oxygen atoms in total. The lowest BCUT2D eigenvalue weighted by atomic mass is 10.0. The van der Waals surface area contributed by atoms with Gasteiger partial charge in [0.25, 0.3) is 0 Å². The zero-order valence-corrected chi connectivity index (χ0v) is 8.01. The van der Waals surface area contributed by atoms with E-state index in [-0.39, 0.29) is 0 Å². The molecular weight excluding hydrogens is 146 g/mol. The zero-order valence-electron chi connectivity index (χ0n) is 8.01. The molecule has 0 spiro atoms. The topological polar surface area (TPSA) is 3.24 Å². The van der Waals surface area contributed by atoms with Crippen molar-refractivity contribution in [3.63, 3.8) is 0 Å². The van der Waals surface area contributed by atoms with Gasteiger partial charge in [-0.25, -0.2) is 0 Å². The molecule has 1 heterocycles. The molecule has 0 bridgehead atoms. The van der Waals surface area contributed by atoms with Crippen molar-refractivity contribution >= 4 is 0 Å². The van der Waals surface area contributed by atoms with Crippen LogP contribution in [0.4, 0.5) is 0 Å². The summed E-state index contributed by atoms with van der Waals surface area (Å²) in [5.41, 5.74) is 3.21. The molecule has 66 valence electrons. The van der Waals surface area contributed by atoms with E-state index in [9.17, 15) is 0 Å². The normalized spacial score (nSPS) is 22.4. The molecule has 0 radical (unpaired) electrons. The maximum atomic E-state index is 2.55. The third-order valence-corrected chi connectivity index (χ3v) is 2.83. The summed E-state index contributed by atoms with van der Waals surface area (Å²) >= 11 is 0. The van der Waals surface area contributed by atoms with Crippen LogP contribution in [0.1, 0.15) is 33.1 Å². The number of rotatable bonds is 1. The number of hydrogen-bond donors (Lipinski definition) is 0. The summed E-state index contributed by atoms with van der Waals surface area (Å²) in [6.45, 7) is 5.81. The van der Waals surface area contributed by atoms with Crippen LogP contribution >= 0.6 is 0 Å². The van der Waals surface area contributed by atoms with Crippen molar-refractivity contribution in [2.75, 3.05) is 6.54 Å². The van der Waals surface area contributed by atoms with Gasteiger partial charge in [-0.15, -0.1) is 0 Å². The lowest BCUT2D eigenvalue weighted by Crippen LogP contribution is -2.27. The Morgan fingerprint density at radius 1 is 1.33 bits per heavy atom. The van der Waals surface area contributed by atoms with Crippen molar-refractivity contribution in [2.24, 2.45) is 0 Å². The SMILES string of the molecule is CC(C)N1CCC2=C1CCC=C2. The quantitative estimate of drug-likeness (QED) is 0.574. The molecule has 1 aliphatic heterocycles. The number of allylic oxidation sites excluding steroid dienone is 3. The molecule has 0 saturated heterocycles. The molecule has 2 rings (SSSR count). The first-order valence-corrected chi connectivity index (χ1v) is 4.94. The van der Waals surface area contributed by atoms with E-state index in [1.54, 1.807) is 11.3 Å². The van der Waals surface area contributed by atoms with Crippen molar-refractivity contribution in [3.05, 3.63) is 23.4 Å². The lowest BCUT2D eigenvalue weighted by Gasteiger charge is -2.27. The van der Waals surface area contributed by atoms with E-state index in [1.807, 2.05) is 0 Å². The van der Waals surface area contributed by atoms with Gasteiger partial charge in [0.2, 0.25) is 0 Å². The number of hydrogen-bond acceptors (Lipinski definition) is 1. The van der Waals surface area contributed by atoms with Crippen molar-refractivity contribution in [1.82, 2.24) is 4.90 Å². The molecular formula is C11H17N. The molecule has 12 heavy (non-hydrogen) atoms. The highest BCUT2D eigenvalue weighted by Gasteiger charge is 2.23. The molecule has 0 saturated carbocycles. The first-order valence-electron chi connectivity index (χ1n) is 4.94. The molecule has 1 aliphatic carbocycles. The molecule has 0 N–H and O–H groups in total. The van der Waals surface area contributed by atoms with E-state index in [0.717, 1.165) is 0 Å². The van der Waals surface area contributed by atoms with Gasteiger partial charge in [-0.3, -0.25) is 0 Å². The summed E-state index contributed by atoms with van der Waals surface area (Å²) in [6.07, 6.45) is 8.40. The van der Waals surface area contributed by atoms with Crippen LogP contribution in [0.3, 0.4) is 0 Å². The van der Waals surface area contributed by atoms with Gasteiger partial charge in [0, 0.05) is 18.3 Å². The van der Waals surface area contributed by atoms with Crippen molar-refractivity contribution in [1.29, 1.82) is 0 Å². The van der Waals surface area contributed by atoms with Gasteiger partial charge in [-0.1, -0.05) is 12.2 Å². The van der Waals surface area contributed by atoms with E-state index in [4.69, 9.17) is 0 Å². The van der Waals surface area contributed by atoms with Gasteiger partial charge >= 0.3 is 0 Å². The molecule has 0 amide bonds. The zero-order chi connectivity index (χ0) is 8.55. The Kier molecular flexibility index (Phi) is 1.95. The van der Waals surface area contributed by atoms with Crippen LogP contribution in [-0.4, -0.2) is 17.5 Å². The summed E-state index contributed by atoms with van der Waals surface area (Å²) in [4.78, 5) is 2.55. The highest BCUT2D eigenvalue weighted by atomic mass is 15.2. The minimum absolute atomic E-state index is 0.684. The number of nitrogens with zero attached hydrogens (tertiary/aromatic N) is 1. The Hall–Kier alpha value is -0.720. The molecule has 2 aliphatic rings. The minimum atomic E-state index is 0.684. The Labute approximate surface area is 74.8 Å². The molecule has 1 heteroatoms. The van der Waals surface area contributed by atoms with Crippen molar-refractivity contribution in [2.45, 2.75) is 39.2 Å². The average molecular weight is 163 g/mol. The molecule has 0 aromatic carbocycles. The van der Waals surface area contributed by atoms with Crippen LogP contribution < -0.4 is 0 Å². The van der Waals surface area contributed by atoms with E-state index < -0.39 is 0 Å². The Morgan fingerprint density at radius 3 is 2.92 bits per heavy atom. The van der Waals surface area contributed by atoms with Gasteiger partial charge < -0.3 is 4.90 Å².